The van der Waals surface area contributed by atoms with Crippen molar-refractivity contribution in [2.45, 2.75) is 53.9 Å². The van der Waals surface area contributed by atoms with Gasteiger partial charge in [0, 0.05) is 12.4 Å². The normalized spacial score (nSPS) is 12.4. The Labute approximate surface area is 110 Å². The van der Waals surface area contributed by atoms with Gasteiger partial charge in [-0.2, -0.15) is 5.10 Å². The van der Waals surface area contributed by atoms with Gasteiger partial charge >= 0.3 is 0 Å². The Morgan fingerprint density at radius 2 is 1.44 bits per heavy atom. The van der Waals surface area contributed by atoms with Crippen LogP contribution in [0.25, 0.3) is 10.9 Å². The van der Waals surface area contributed by atoms with E-state index in [0.29, 0.717) is 0 Å². The van der Waals surface area contributed by atoms with Crippen molar-refractivity contribution in [2.75, 3.05) is 0 Å². The Kier molecular flexibility index (Phi) is 2.80. The van der Waals surface area contributed by atoms with Gasteiger partial charge in [0.05, 0.1) is 11.2 Å². The first-order valence-corrected chi connectivity index (χ1v) is 6.59. The van der Waals surface area contributed by atoms with Crippen molar-refractivity contribution in [3.63, 3.8) is 0 Å². The third kappa shape index (κ3) is 1.66. The van der Waals surface area contributed by atoms with E-state index in [2.05, 4.69) is 53.6 Å². The first kappa shape index (κ1) is 13.1. The summed E-state index contributed by atoms with van der Waals surface area (Å²) in [6, 6.07) is 0. The second kappa shape index (κ2) is 3.84. The van der Waals surface area contributed by atoms with Gasteiger partial charge in [-0.3, -0.25) is 4.68 Å². The van der Waals surface area contributed by atoms with Crippen LogP contribution in [0.3, 0.4) is 0 Å². The molecule has 0 saturated carbocycles. The molecule has 0 bridgehead atoms. The maximum atomic E-state index is 4.59. The summed E-state index contributed by atoms with van der Waals surface area (Å²) in [5.41, 5.74) is 8.25. The molecule has 1 aromatic heterocycles. The molecule has 0 fully saturated rings. The lowest BCUT2D eigenvalue weighted by Crippen LogP contribution is -2.16. The van der Waals surface area contributed by atoms with Crippen molar-refractivity contribution in [2.24, 2.45) is 7.05 Å². The third-order valence-corrected chi connectivity index (χ3v) is 4.01. The van der Waals surface area contributed by atoms with Crippen molar-refractivity contribution in [1.82, 2.24) is 9.78 Å². The average molecular weight is 244 g/mol. The molecule has 0 aliphatic carbocycles. The molecule has 2 heteroatoms. The summed E-state index contributed by atoms with van der Waals surface area (Å²) in [6.45, 7) is 15.7. The first-order chi connectivity index (χ1) is 8.16. The predicted molar refractivity (Wildman–Crippen MR) is 78.4 cm³/mol. The Morgan fingerprint density at radius 3 is 1.94 bits per heavy atom. The maximum Gasteiger partial charge on any atom is 0.0716 e. The Balaban J connectivity index is 3.05. The quantitative estimate of drug-likeness (QED) is 0.682. The van der Waals surface area contributed by atoms with Gasteiger partial charge in [0.25, 0.3) is 0 Å². The highest BCUT2D eigenvalue weighted by Gasteiger charge is 2.24. The molecule has 0 spiro atoms. The van der Waals surface area contributed by atoms with Gasteiger partial charge in [-0.15, -0.1) is 0 Å². The second-order valence-electron chi connectivity index (χ2n) is 6.43. The monoisotopic (exact) mass is 244 g/mol. The number of nitrogens with zero attached hydrogens (tertiary/aromatic N) is 2. The highest BCUT2D eigenvalue weighted by Crippen LogP contribution is 2.37. The number of aryl methyl sites for hydroxylation is 4. The van der Waals surface area contributed by atoms with E-state index >= 15 is 0 Å². The molecule has 0 atom stereocenters. The van der Waals surface area contributed by atoms with Crippen LogP contribution in [0.4, 0.5) is 0 Å². The summed E-state index contributed by atoms with van der Waals surface area (Å²) in [5.74, 6) is 0. The molecule has 0 N–H and O–H groups in total. The summed E-state index contributed by atoms with van der Waals surface area (Å²) in [7, 11) is 2.04. The SMILES string of the molecule is Cc1c(C(C)(C)C)c(C)c2c(C)nn(C)c2c1C. The highest BCUT2D eigenvalue weighted by molar-refractivity contribution is 5.90. The molecule has 2 nitrogen and oxygen atoms in total. The lowest BCUT2D eigenvalue weighted by molar-refractivity contribution is 0.582. The lowest BCUT2D eigenvalue weighted by atomic mass is 9.78. The minimum absolute atomic E-state index is 0.176. The number of benzene rings is 1. The molecule has 0 aliphatic heterocycles. The van der Waals surface area contributed by atoms with Gasteiger partial charge in [-0.05, 0) is 55.4 Å². The van der Waals surface area contributed by atoms with Crippen molar-refractivity contribution in [3.05, 3.63) is 27.9 Å². The van der Waals surface area contributed by atoms with Crippen molar-refractivity contribution in [3.8, 4) is 0 Å². The first-order valence-electron chi connectivity index (χ1n) is 6.59. The summed E-state index contributed by atoms with van der Waals surface area (Å²) < 4.78 is 2.02. The van der Waals surface area contributed by atoms with Crippen LogP contribution >= 0.6 is 0 Å². The van der Waals surface area contributed by atoms with Crippen LogP contribution in [0.2, 0.25) is 0 Å². The number of rotatable bonds is 0. The van der Waals surface area contributed by atoms with E-state index in [1.165, 1.54) is 33.2 Å². The molecule has 1 heterocycles. The van der Waals surface area contributed by atoms with E-state index in [9.17, 15) is 0 Å². The molecule has 2 aromatic rings. The maximum absolute atomic E-state index is 4.59. The van der Waals surface area contributed by atoms with Crippen LogP contribution in [-0.4, -0.2) is 9.78 Å². The van der Waals surface area contributed by atoms with Gasteiger partial charge in [0.1, 0.15) is 0 Å². The van der Waals surface area contributed by atoms with E-state index in [0.717, 1.165) is 5.69 Å². The zero-order valence-electron chi connectivity index (χ0n) is 12.9. The minimum atomic E-state index is 0.176. The summed E-state index contributed by atoms with van der Waals surface area (Å²) >= 11 is 0. The van der Waals surface area contributed by atoms with Crippen LogP contribution in [0.15, 0.2) is 0 Å². The number of hydrogen-bond donors (Lipinski definition) is 0. The molecule has 0 saturated heterocycles. The predicted octanol–water partition coefficient (Wildman–Crippen LogP) is 4.10. The van der Waals surface area contributed by atoms with Crippen LogP contribution in [0.1, 0.15) is 48.7 Å². The van der Waals surface area contributed by atoms with Gasteiger partial charge < -0.3 is 0 Å². The van der Waals surface area contributed by atoms with Crippen molar-refractivity contribution < 1.29 is 0 Å². The van der Waals surface area contributed by atoms with Crippen LogP contribution in [0.5, 0.6) is 0 Å². The Bertz CT molecular complexity index is 625. The molecule has 0 unspecified atom stereocenters. The van der Waals surface area contributed by atoms with Gasteiger partial charge in [-0.25, -0.2) is 0 Å². The van der Waals surface area contributed by atoms with Crippen molar-refractivity contribution in [1.29, 1.82) is 0 Å². The van der Waals surface area contributed by atoms with E-state index < -0.39 is 0 Å². The molecule has 1 aromatic carbocycles. The topological polar surface area (TPSA) is 17.8 Å². The van der Waals surface area contributed by atoms with E-state index in [1.807, 2.05) is 11.7 Å². The second-order valence-corrected chi connectivity index (χ2v) is 6.43. The Hall–Kier alpha value is -1.31. The highest BCUT2D eigenvalue weighted by atomic mass is 15.3. The number of hydrogen-bond acceptors (Lipinski definition) is 1. The number of fused-ring (bicyclic) bond motifs is 1. The van der Waals surface area contributed by atoms with Crippen LogP contribution < -0.4 is 0 Å². The summed E-state index contributed by atoms with van der Waals surface area (Å²) in [6.07, 6.45) is 0. The van der Waals surface area contributed by atoms with Gasteiger partial charge in [-0.1, -0.05) is 20.8 Å². The molecule has 0 amide bonds. The fourth-order valence-corrected chi connectivity index (χ4v) is 3.43. The minimum Gasteiger partial charge on any atom is -0.267 e. The van der Waals surface area contributed by atoms with Crippen LogP contribution in [-0.2, 0) is 12.5 Å². The molecular weight excluding hydrogens is 220 g/mol. The van der Waals surface area contributed by atoms with Crippen LogP contribution in [0, 0.1) is 27.7 Å². The standard InChI is InChI=1S/C16H24N2/c1-9-10(2)15-13(12(4)17-18(15)8)11(3)14(9)16(5,6)7/h1-8H3. The van der Waals surface area contributed by atoms with Gasteiger partial charge in [0.2, 0.25) is 0 Å². The number of aromatic nitrogens is 2. The molecule has 98 valence electrons. The molecule has 2 rings (SSSR count). The molecule has 0 radical (unpaired) electrons. The lowest BCUT2D eigenvalue weighted by Gasteiger charge is -2.26. The summed E-state index contributed by atoms with van der Waals surface area (Å²) in [4.78, 5) is 0. The fourth-order valence-electron chi connectivity index (χ4n) is 3.43. The Morgan fingerprint density at radius 1 is 0.889 bits per heavy atom. The smallest absolute Gasteiger partial charge is 0.0716 e. The molecule has 18 heavy (non-hydrogen) atoms. The van der Waals surface area contributed by atoms with Gasteiger partial charge in [0.15, 0.2) is 0 Å². The molecular formula is C16H24N2. The van der Waals surface area contributed by atoms with Crippen molar-refractivity contribution >= 4 is 10.9 Å². The summed E-state index contributed by atoms with van der Waals surface area (Å²) in [5, 5.41) is 5.93. The zero-order chi connectivity index (χ0) is 13.8. The largest absolute Gasteiger partial charge is 0.267 e. The average Bonchev–Trinajstić information content (AvgIpc) is 2.49. The third-order valence-electron chi connectivity index (χ3n) is 4.01. The van der Waals surface area contributed by atoms with E-state index in [4.69, 9.17) is 0 Å². The van der Waals surface area contributed by atoms with E-state index in [-0.39, 0.29) is 5.41 Å². The van der Waals surface area contributed by atoms with E-state index in [1.54, 1.807) is 0 Å². The molecule has 0 aliphatic rings. The zero-order valence-corrected chi connectivity index (χ0v) is 12.9. The fraction of sp³-hybridized carbons (Fsp3) is 0.562.